The van der Waals surface area contributed by atoms with E-state index in [-0.39, 0.29) is 5.91 Å². The van der Waals surface area contributed by atoms with Gasteiger partial charge in [-0.05, 0) is 31.0 Å². The summed E-state index contributed by atoms with van der Waals surface area (Å²) < 4.78 is 0.981. The maximum absolute atomic E-state index is 11.3. The van der Waals surface area contributed by atoms with Crippen LogP contribution in [0, 0.1) is 6.92 Å². The summed E-state index contributed by atoms with van der Waals surface area (Å²) in [4.78, 5) is 11.3. The van der Waals surface area contributed by atoms with E-state index < -0.39 is 0 Å². The van der Waals surface area contributed by atoms with Crippen molar-refractivity contribution >= 4 is 27.5 Å². The Balaban J connectivity index is 2.75. The smallest absolute Gasteiger partial charge is 0.224 e. The molecule has 0 aliphatic carbocycles. The van der Waals surface area contributed by atoms with Gasteiger partial charge in [0.15, 0.2) is 0 Å². The number of hydrogen-bond acceptors (Lipinski definition) is 1. The first-order chi connectivity index (χ1) is 6.63. The van der Waals surface area contributed by atoms with Crippen molar-refractivity contribution in [2.75, 3.05) is 5.32 Å². The van der Waals surface area contributed by atoms with Crippen molar-refractivity contribution < 1.29 is 4.79 Å². The second-order valence-electron chi connectivity index (χ2n) is 3.26. The van der Waals surface area contributed by atoms with Gasteiger partial charge in [0.1, 0.15) is 0 Å². The number of amides is 1. The summed E-state index contributed by atoms with van der Waals surface area (Å²) in [5.41, 5.74) is 1.97. The van der Waals surface area contributed by atoms with Crippen LogP contribution in [0.25, 0.3) is 0 Å². The van der Waals surface area contributed by atoms with Gasteiger partial charge < -0.3 is 5.32 Å². The van der Waals surface area contributed by atoms with Crippen LogP contribution < -0.4 is 5.32 Å². The van der Waals surface area contributed by atoms with E-state index in [2.05, 4.69) is 21.2 Å². The lowest BCUT2D eigenvalue weighted by atomic mass is 10.2. The zero-order chi connectivity index (χ0) is 10.6. The number of aryl methyl sites for hydroxylation is 1. The lowest BCUT2D eigenvalue weighted by molar-refractivity contribution is -0.116. The molecule has 0 fully saturated rings. The normalized spacial score (nSPS) is 9.93. The molecule has 1 amide bonds. The van der Waals surface area contributed by atoms with E-state index in [0.717, 1.165) is 22.1 Å². The van der Waals surface area contributed by atoms with Crippen LogP contribution in [0.1, 0.15) is 25.3 Å². The molecule has 1 aromatic carbocycles. The summed E-state index contributed by atoms with van der Waals surface area (Å²) in [6.45, 7) is 3.97. The van der Waals surface area contributed by atoms with Crippen LogP contribution in [-0.2, 0) is 4.79 Å². The van der Waals surface area contributed by atoms with Crippen molar-refractivity contribution in [3.63, 3.8) is 0 Å². The van der Waals surface area contributed by atoms with Gasteiger partial charge in [-0.3, -0.25) is 4.79 Å². The van der Waals surface area contributed by atoms with Crippen molar-refractivity contribution in [2.45, 2.75) is 26.7 Å². The Bertz CT molecular complexity index is 336. The highest BCUT2D eigenvalue weighted by Crippen LogP contribution is 2.20. The molecule has 0 aromatic heterocycles. The third-order valence-corrected chi connectivity index (χ3v) is 2.44. The quantitative estimate of drug-likeness (QED) is 0.881. The summed E-state index contributed by atoms with van der Waals surface area (Å²) in [5.74, 6) is 0.0775. The summed E-state index contributed by atoms with van der Waals surface area (Å²) in [6, 6.07) is 5.86. The van der Waals surface area contributed by atoms with Gasteiger partial charge in [-0.25, -0.2) is 0 Å². The minimum atomic E-state index is 0.0775. The predicted octanol–water partition coefficient (Wildman–Crippen LogP) is 3.50. The molecule has 0 spiro atoms. The summed E-state index contributed by atoms with van der Waals surface area (Å²) in [5, 5.41) is 2.88. The molecule has 0 saturated carbocycles. The second kappa shape index (κ2) is 5.15. The van der Waals surface area contributed by atoms with Crippen LogP contribution in [0.2, 0.25) is 0 Å². The van der Waals surface area contributed by atoms with Gasteiger partial charge in [0.05, 0.1) is 0 Å². The van der Waals surface area contributed by atoms with E-state index in [1.165, 1.54) is 0 Å². The molecule has 3 heteroatoms. The fraction of sp³-hybridized carbons (Fsp3) is 0.364. The van der Waals surface area contributed by atoms with Gasteiger partial charge in [0, 0.05) is 16.6 Å². The second-order valence-corrected chi connectivity index (χ2v) is 4.17. The Morgan fingerprint density at radius 2 is 2.21 bits per heavy atom. The average molecular weight is 256 g/mol. The van der Waals surface area contributed by atoms with Gasteiger partial charge in [-0.1, -0.05) is 28.9 Å². The minimum Gasteiger partial charge on any atom is -0.326 e. The fourth-order valence-electron chi connectivity index (χ4n) is 1.17. The molecular formula is C11H14BrNO. The number of anilines is 1. The van der Waals surface area contributed by atoms with E-state index >= 15 is 0 Å². The molecule has 0 bridgehead atoms. The first-order valence-electron chi connectivity index (χ1n) is 4.69. The molecule has 1 N–H and O–H groups in total. The Morgan fingerprint density at radius 3 is 2.86 bits per heavy atom. The van der Waals surface area contributed by atoms with Crippen LogP contribution in [0.5, 0.6) is 0 Å². The molecule has 0 aliphatic heterocycles. The molecule has 0 unspecified atom stereocenters. The Kier molecular flexibility index (Phi) is 4.14. The molecule has 0 atom stereocenters. The SMILES string of the molecule is CCCC(=O)Nc1cc(Br)ccc1C. The molecule has 2 nitrogen and oxygen atoms in total. The summed E-state index contributed by atoms with van der Waals surface area (Å²) in [7, 11) is 0. The van der Waals surface area contributed by atoms with E-state index in [1.54, 1.807) is 0 Å². The topological polar surface area (TPSA) is 29.1 Å². The number of carbonyl (C=O) groups is 1. The zero-order valence-electron chi connectivity index (χ0n) is 8.43. The minimum absolute atomic E-state index is 0.0775. The summed E-state index contributed by atoms with van der Waals surface area (Å²) >= 11 is 3.37. The average Bonchev–Trinajstić information content (AvgIpc) is 2.12. The van der Waals surface area contributed by atoms with Gasteiger partial charge in [0.25, 0.3) is 0 Å². The van der Waals surface area contributed by atoms with E-state index in [4.69, 9.17) is 0 Å². The number of benzene rings is 1. The van der Waals surface area contributed by atoms with Crippen LogP contribution in [0.15, 0.2) is 22.7 Å². The molecule has 1 rings (SSSR count). The zero-order valence-corrected chi connectivity index (χ0v) is 10.0. The highest BCUT2D eigenvalue weighted by molar-refractivity contribution is 9.10. The Morgan fingerprint density at radius 1 is 1.50 bits per heavy atom. The number of carbonyl (C=O) groups excluding carboxylic acids is 1. The van der Waals surface area contributed by atoms with E-state index in [1.807, 2.05) is 32.0 Å². The molecule has 1 aromatic rings. The van der Waals surface area contributed by atoms with Crippen LogP contribution in [0.3, 0.4) is 0 Å². The number of rotatable bonds is 3. The summed E-state index contributed by atoms with van der Waals surface area (Å²) in [6.07, 6.45) is 1.45. The molecule has 0 radical (unpaired) electrons. The van der Waals surface area contributed by atoms with Crippen molar-refractivity contribution in [1.29, 1.82) is 0 Å². The molecular weight excluding hydrogens is 242 g/mol. The maximum Gasteiger partial charge on any atom is 0.224 e. The van der Waals surface area contributed by atoms with E-state index in [0.29, 0.717) is 6.42 Å². The molecule has 14 heavy (non-hydrogen) atoms. The van der Waals surface area contributed by atoms with Crippen molar-refractivity contribution in [3.8, 4) is 0 Å². The Labute approximate surface area is 92.8 Å². The highest BCUT2D eigenvalue weighted by atomic mass is 79.9. The largest absolute Gasteiger partial charge is 0.326 e. The van der Waals surface area contributed by atoms with Gasteiger partial charge in [0.2, 0.25) is 5.91 Å². The first-order valence-corrected chi connectivity index (χ1v) is 5.48. The Hall–Kier alpha value is -0.830. The van der Waals surface area contributed by atoms with Crippen molar-refractivity contribution in [3.05, 3.63) is 28.2 Å². The third-order valence-electron chi connectivity index (χ3n) is 1.95. The van der Waals surface area contributed by atoms with Crippen LogP contribution >= 0.6 is 15.9 Å². The molecule has 0 saturated heterocycles. The lowest BCUT2D eigenvalue weighted by Gasteiger charge is -2.07. The number of nitrogens with one attached hydrogen (secondary N) is 1. The monoisotopic (exact) mass is 255 g/mol. The van der Waals surface area contributed by atoms with Gasteiger partial charge >= 0.3 is 0 Å². The number of halogens is 1. The molecule has 0 heterocycles. The van der Waals surface area contributed by atoms with Crippen molar-refractivity contribution in [2.24, 2.45) is 0 Å². The van der Waals surface area contributed by atoms with Crippen LogP contribution in [-0.4, -0.2) is 5.91 Å². The molecule has 76 valence electrons. The highest BCUT2D eigenvalue weighted by Gasteiger charge is 2.03. The van der Waals surface area contributed by atoms with Gasteiger partial charge in [-0.15, -0.1) is 0 Å². The third kappa shape index (κ3) is 3.14. The van der Waals surface area contributed by atoms with E-state index in [9.17, 15) is 4.79 Å². The standard InChI is InChI=1S/C11H14BrNO/c1-3-4-11(14)13-10-7-9(12)6-5-8(10)2/h5-7H,3-4H2,1-2H3,(H,13,14). The lowest BCUT2D eigenvalue weighted by Crippen LogP contribution is -2.11. The fourth-order valence-corrected chi connectivity index (χ4v) is 1.53. The van der Waals surface area contributed by atoms with Gasteiger partial charge in [-0.2, -0.15) is 0 Å². The number of hydrogen-bond donors (Lipinski definition) is 1. The van der Waals surface area contributed by atoms with Crippen LogP contribution in [0.4, 0.5) is 5.69 Å². The predicted molar refractivity (Wildman–Crippen MR) is 62.4 cm³/mol. The maximum atomic E-state index is 11.3. The van der Waals surface area contributed by atoms with Crippen molar-refractivity contribution in [1.82, 2.24) is 0 Å². The molecule has 0 aliphatic rings. The first kappa shape index (κ1) is 11.2.